The topological polar surface area (TPSA) is 228 Å². The number of nitrogens with one attached hydrogen (secondary N) is 1. The summed E-state index contributed by atoms with van der Waals surface area (Å²) in [6.45, 7) is 2.69. The Morgan fingerprint density at radius 2 is 0.787 bits per heavy atom. The predicted octanol–water partition coefficient (Wildman–Crippen LogP) is 12.8. The van der Waals surface area contributed by atoms with E-state index in [9.17, 15) is 45.6 Å². The lowest BCUT2D eigenvalue weighted by Crippen LogP contribution is -2.65. The average molecular weight is 1140 g/mol. The van der Waals surface area contributed by atoms with Crippen molar-refractivity contribution < 1.29 is 64.6 Å². The van der Waals surface area contributed by atoms with Gasteiger partial charge in [0.2, 0.25) is 5.91 Å². The van der Waals surface area contributed by atoms with Gasteiger partial charge in [-0.1, -0.05) is 269 Å². The molecule has 0 aromatic carbocycles. The minimum atomic E-state index is -1.78. The van der Waals surface area contributed by atoms with Gasteiger partial charge in [0, 0.05) is 6.42 Å². The van der Waals surface area contributed by atoms with E-state index in [1.54, 1.807) is 6.08 Å². The minimum Gasteiger partial charge on any atom is -0.394 e. The molecule has 80 heavy (non-hydrogen) atoms. The Morgan fingerprint density at radius 1 is 0.438 bits per heavy atom. The highest BCUT2D eigenvalue weighted by molar-refractivity contribution is 5.76. The van der Waals surface area contributed by atoms with E-state index in [-0.39, 0.29) is 18.9 Å². The Kier molecular flexibility index (Phi) is 48.3. The largest absolute Gasteiger partial charge is 0.394 e. The SMILES string of the molecule is CCCCC/C=C/C(O)C(COC1OC(CO)C(OC2OC(CO)C(O)C(O)C2O)C(O)C1O)NC(=O)CCCCCCCCCCCCCCCCCCCCCCCCCCCCCCC/C=C\CCCCCCCCCC. The van der Waals surface area contributed by atoms with E-state index in [0.29, 0.717) is 6.42 Å². The Balaban J connectivity index is 1.43. The van der Waals surface area contributed by atoms with E-state index in [2.05, 4.69) is 31.3 Å². The van der Waals surface area contributed by atoms with E-state index in [1.165, 1.54) is 225 Å². The Morgan fingerprint density at radius 3 is 1.21 bits per heavy atom. The smallest absolute Gasteiger partial charge is 0.220 e. The molecule has 0 aliphatic carbocycles. The van der Waals surface area contributed by atoms with Gasteiger partial charge < -0.3 is 65.1 Å². The summed E-state index contributed by atoms with van der Waals surface area (Å²) in [5, 5.41) is 86.4. The van der Waals surface area contributed by atoms with Crippen LogP contribution in [0.3, 0.4) is 0 Å². The maximum Gasteiger partial charge on any atom is 0.220 e. The van der Waals surface area contributed by atoms with E-state index in [0.717, 1.165) is 44.9 Å². The molecule has 472 valence electrons. The molecule has 2 rings (SSSR count). The average Bonchev–Trinajstić information content (AvgIpc) is 3.49. The number of hydrogen-bond donors (Lipinski definition) is 9. The number of rotatable bonds is 55. The number of carbonyl (C=O) groups is 1. The van der Waals surface area contributed by atoms with Crippen molar-refractivity contribution in [3.05, 3.63) is 24.3 Å². The fraction of sp³-hybridized carbons (Fsp3) is 0.924. The van der Waals surface area contributed by atoms with Crippen LogP contribution >= 0.6 is 0 Å². The predicted molar refractivity (Wildman–Crippen MR) is 323 cm³/mol. The van der Waals surface area contributed by atoms with E-state index >= 15 is 0 Å². The molecule has 2 heterocycles. The Hall–Kier alpha value is -1.53. The number of aliphatic hydroxyl groups is 8. The Bertz CT molecular complexity index is 1440. The lowest BCUT2D eigenvalue weighted by molar-refractivity contribution is -0.359. The summed E-state index contributed by atoms with van der Waals surface area (Å²) in [7, 11) is 0. The third kappa shape index (κ3) is 36.3. The second kappa shape index (κ2) is 51.9. The molecule has 9 N–H and O–H groups in total. The number of carbonyl (C=O) groups excluding carboxylic acids is 1. The highest BCUT2D eigenvalue weighted by atomic mass is 16.7. The Labute approximate surface area is 488 Å². The molecular formula is C66H125NO13. The molecule has 0 bridgehead atoms. The monoisotopic (exact) mass is 1140 g/mol. The summed E-state index contributed by atoms with van der Waals surface area (Å²) in [6.07, 6.45) is 47.9. The van der Waals surface area contributed by atoms with Crippen molar-refractivity contribution in [2.24, 2.45) is 0 Å². The molecule has 2 aliphatic heterocycles. The van der Waals surface area contributed by atoms with Crippen molar-refractivity contribution in [2.45, 2.75) is 370 Å². The fourth-order valence-electron chi connectivity index (χ4n) is 11.2. The second-order valence-corrected chi connectivity index (χ2v) is 24.0. The molecule has 1 amide bonds. The van der Waals surface area contributed by atoms with E-state index in [4.69, 9.17) is 18.9 Å². The van der Waals surface area contributed by atoms with Gasteiger partial charge in [-0.2, -0.15) is 0 Å². The van der Waals surface area contributed by atoms with E-state index < -0.39 is 86.8 Å². The standard InChI is InChI=1S/C66H125NO13/c1-3-5-7-9-10-11-12-13-14-15-16-17-18-19-20-21-22-23-24-25-26-27-28-29-30-31-32-33-34-35-36-37-38-39-40-41-42-43-44-46-48-50-58(71)67-54(55(70)49-47-45-8-6-4-2)53-77-65-63(76)61(74)64(57(52-69)79-65)80-66-62(75)60(73)59(72)56(51-68)78-66/h15-16,47,49,54-57,59-66,68-70,72-76H,3-14,17-46,48,50-53H2,1-2H3,(H,67,71)/b16-15-,49-47+. The van der Waals surface area contributed by atoms with Crippen LogP contribution in [0.25, 0.3) is 0 Å². The second-order valence-electron chi connectivity index (χ2n) is 24.0. The van der Waals surface area contributed by atoms with Crippen molar-refractivity contribution in [2.75, 3.05) is 19.8 Å². The molecule has 2 aliphatic rings. The summed E-state index contributed by atoms with van der Waals surface area (Å²) in [5.74, 6) is -0.241. The molecule has 12 atom stereocenters. The third-order valence-electron chi connectivity index (χ3n) is 16.6. The van der Waals surface area contributed by atoms with Crippen LogP contribution in [0, 0.1) is 0 Å². The number of hydrogen-bond acceptors (Lipinski definition) is 13. The molecule has 0 spiro atoms. The van der Waals surface area contributed by atoms with Crippen LogP contribution in [0.2, 0.25) is 0 Å². The summed E-state index contributed by atoms with van der Waals surface area (Å²) in [4.78, 5) is 13.1. The first-order chi connectivity index (χ1) is 39.1. The summed E-state index contributed by atoms with van der Waals surface area (Å²) < 4.78 is 22.6. The van der Waals surface area contributed by atoms with Crippen molar-refractivity contribution in [3.8, 4) is 0 Å². The number of ether oxygens (including phenoxy) is 4. The van der Waals surface area contributed by atoms with Gasteiger partial charge in [-0.15, -0.1) is 0 Å². The molecule has 0 aromatic rings. The van der Waals surface area contributed by atoms with Gasteiger partial charge in [-0.3, -0.25) is 4.79 Å². The van der Waals surface area contributed by atoms with Crippen molar-refractivity contribution in [1.82, 2.24) is 5.32 Å². The highest BCUT2D eigenvalue weighted by Crippen LogP contribution is 2.30. The minimum absolute atomic E-state index is 0.241. The summed E-state index contributed by atoms with van der Waals surface area (Å²) in [6, 6.07) is -0.907. The number of aliphatic hydroxyl groups excluding tert-OH is 8. The van der Waals surface area contributed by atoms with Gasteiger partial charge in [0.1, 0.15) is 48.8 Å². The van der Waals surface area contributed by atoms with Crippen LogP contribution in [0.5, 0.6) is 0 Å². The molecule has 12 unspecified atom stereocenters. The van der Waals surface area contributed by atoms with Crippen molar-refractivity contribution in [3.63, 3.8) is 0 Å². The van der Waals surface area contributed by atoms with Crippen molar-refractivity contribution >= 4 is 5.91 Å². The van der Waals surface area contributed by atoms with Gasteiger partial charge in [0.25, 0.3) is 0 Å². The molecule has 2 saturated heterocycles. The first-order valence-corrected chi connectivity index (χ1v) is 33.6. The van der Waals surface area contributed by atoms with Crippen LogP contribution in [0.15, 0.2) is 24.3 Å². The zero-order chi connectivity index (χ0) is 58.1. The van der Waals surface area contributed by atoms with Crippen LogP contribution < -0.4 is 5.32 Å². The highest BCUT2D eigenvalue weighted by Gasteiger charge is 2.51. The lowest BCUT2D eigenvalue weighted by Gasteiger charge is -2.46. The maximum atomic E-state index is 13.1. The number of allylic oxidation sites excluding steroid dienone is 3. The normalized spacial score (nSPS) is 24.3. The third-order valence-corrected chi connectivity index (χ3v) is 16.6. The van der Waals surface area contributed by atoms with Crippen molar-refractivity contribution in [1.29, 1.82) is 0 Å². The zero-order valence-corrected chi connectivity index (χ0v) is 51.1. The number of unbranched alkanes of at least 4 members (excludes halogenated alkanes) is 40. The molecule has 14 nitrogen and oxygen atoms in total. The first-order valence-electron chi connectivity index (χ1n) is 33.6. The molecule has 0 saturated carbocycles. The quantitative estimate of drug-likeness (QED) is 0.0204. The van der Waals surface area contributed by atoms with Crippen LogP contribution in [-0.2, 0) is 23.7 Å². The van der Waals surface area contributed by atoms with Gasteiger partial charge >= 0.3 is 0 Å². The van der Waals surface area contributed by atoms with E-state index in [1.807, 2.05) is 6.08 Å². The molecule has 0 radical (unpaired) electrons. The summed E-state index contributed by atoms with van der Waals surface area (Å²) in [5.41, 5.74) is 0. The fourth-order valence-corrected chi connectivity index (χ4v) is 11.2. The first kappa shape index (κ1) is 74.6. The summed E-state index contributed by atoms with van der Waals surface area (Å²) >= 11 is 0. The van der Waals surface area contributed by atoms with Gasteiger partial charge in [-0.25, -0.2) is 0 Å². The maximum absolute atomic E-state index is 13.1. The molecular weight excluding hydrogens is 1010 g/mol. The molecule has 0 aromatic heterocycles. The van der Waals surface area contributed by atoms with Gasteiger partial charge in [0.05, 0.1) is 32.0 Å². The van der Waals surface area contributed by atoms with Crippen LogP contribution in [0.4, 0.5) is 0 Å². The molecule has 14 heteroatoms. The van der Waals surface area contributed by atoms with Gasteiger partial charge in [-0.05, 0) is 44.9 Å². The molecule has 2 fully saturated rings. The lowest BCUT2D eigenvalue weighted by atomic mass is 9.97. The van der Waals surface area contributed by atoms with Crippen LogP contribution in [0.1, 0.15) is 296 Å². The zero-order valence-electron chi connectivity index (χ0n) is 51.1. The number of amides is 1. The van der Waals surface area contributed by atoms with Gasteiger partial charge in [0.15, 0.2) is 12.6 Å². The van der Waals surface area contributed by atoms with Crippen LogP contribution in [-0.4, -0.2) is 140 Å².